The first-order valence-electron chi connectivity index (χ1n) is 9.28. The van der Waals surface area contributed by atoms with E-state index in [1.165, 1.54) is 6.33 Å². The molecule has 3 aromatic heterocycles. The van der Waals surface area contributed by atoms with Crippen LogP contribution in [0.3, 0.4) is 0 Å². The van der Waals surface area contributed by atoms with Gasteiger partial charge in [0.25, 0.3) is 0 Å². The van der Waals surface area contributed by atoms with Crippen molar-refractivity contribution in [2.45, 2.75) is 33.4 Å². The van der Waals surface area contributed by atoms with E-state index in [1.807, 2.05) is 29.1 Å². The van der Waals surface area contributed by atoms with Crippen LogP contribution in [0.15, 0.2) is 55.4 Å². The van der Waals surface area contributed by atoms with E-state index >= 15 is 0 Å². The van der Waals surface area contributed by atoms with Crippen LogP contribution >= 0.6 is 0 Å². The van der Waals surface area contributed by atoms with Gasteiger partial charge < -0.3 is 5.32 Å². The summed E-state index contributed by atoms with van der Waals surface area (Å²) in [4.78, 5) is 13.0. The number of rotatable bonds is 7. The minimum Gasteiger partial charge on any atom is -0.350 e. The Morgan fingerprint density at radius 3 is 2.89 bits per heavy atom. The molecule has 0 saturated heterocycles. The van der Waals surface area contributed by atoms with Crippen molar-refractivity contribution in [2.75, 3.05) is 5.32 Å². The first-order chi connectivity index (χ1) is 13.7. The van der Waals surface area contributed by atoms with Crippen molar-refractivity contribution in [3.8, 4) is 16.9 Å². The van der Waals surface area contributed by atoms with E-state index in [2.05, 4.69) is 56.4 Å². The van der Waals surface area contributed by atoms with Gasteiger partial charge in [0.1, 0.15) is 12.7 Å². The third-order valence-corrected chi connectivity index (χ3v) is 4.51. The summed E-state index contributed by atoms with van der Waals surface area (Å²) in [5, 5.41) is 11.9. The van der Waals surface area contributed by atoms with Crippen molar-refractivity contribution >= 4 is 5.95 Å². The topological polar surface area (TPSA) is 86.3 Å². The second-order valence-corrected chi connectivity index (χ2v) is 6.50. The lowest BCUT2D eigenvalue weighted by Gasteiger charge is -2.08. The zero-order valence-electron chi connectivity index (χ0n) is 15.9. The SMILES string of the molecule is CCCn1ncc(-c2ccnc(NCc3cccc(-n4cncn4)c3)n2)c1C. The van der Waals surface area contributed by atoms with Crippen LogP contribution in [0.1, 0.15) is 24.6 Å². The molecule has 0 radical (unpaired) electrons. The van der Waals surface area contributed by atoms with Gasteiger partial charge in [-0.2, -0.15) is 10.2 Å². The summed E-state index contributed by atoms with van der Waals surface area (Å²) < 4.78 is 3.75. The minimum absolute atomic E-state index is 0.589. The van der Waals surface area contributed by atoms with Gasteiger partial charge in [0.2, 0.25) is 5.95 Å². The average molecular weight is 374 g/mol. The van der Waals surface area contributed by atoms with Crippen LogP contribution in [0.4, 0.5) is 5.95 Å². The van der Waals surface area contributed by atoms with Gasteiger partial charge in [0, 0.05) is 30.5 Å². The molecule has 28 heavy (non-hydrogen) atoms. The number of nitrogens with one attached hydrogen (secondary N) is 1. The highest BCUT2D eigenvalue weighted by molar-refractivity contribution is 5.61. The number of nitrogens with zero attached hydrogens (tertiary/aromatic N) is 7. The summed E-state index contributed by atoms with van der Waals surface area (Å²) >= 11 is 0. The van der Waals surface area contributed by atoms with Crippen LogP contribution in [0.5, 0.6) is 0 Å². The Morgan fingerprint density at radius 2 is 2.07 bits per heavy atom. The Kier molecular flexibility index (Phi) is 5.09. The predicted octanol–water partition coefficient (Wildman–Crippen LogP) is 3.25. The van der Waals surface area contributed by atoms with Gasteiger partial charge in [-0.15, -0.1) is 0 Å². The van der Waals surface area contributed by atoms with E-state index in [1.54, 1.807) is 17.2 Å². The minimum atomic E-state index is 0.589. The first-order valence-corrected chi connectivity index (χ1v) is 9.28. The van der Waals surface area contributed by atoms with Crippen LogP contribution in [0.25, 0.3) is 16.9 Å². The Labute approximate surface area is 163 Å². The van der Waals surface area contributed by atoms with Gasteiger partial charge in [-0.05, 0) is 37.1 Å². The molecule has 4 rings (SSSR count). The number of aryl methyl sites for hydroxylation is 1. The van der Waals surface area contributed by atoms with Gasteiger partial charge in [0.15, 0.2) is 0 Å². The Morgan fingerprint density at radius 1 is 1.14 bits per heavy atom. The van der Waals surface area contributed by atoms with Gasteiger partial charge in [-0.1, -0.05) is 19.1 Å². The summed E-state index contributed by atoms with van der Waals surface area (Å²) in [6.45, 7) is 5.73. The fourth-order valence-corrected chi connectivity index (χ4v) is 3.06. The third-order valence-electron chi connectivity index (χ3n) is 4.51. The Hall–Kier alpha value is -3.55. The van der Waals surface area contributed by atoms with Crippen molar-refractivity contribution in [3.05, 3.63) is 66.6 Å². The molecule has 0 amide bonds. The van der Waals surface area contributed by atoms with Crippen molar-refractivity contribution in [2.24, 2.45) is 0 Å². The van der Waals surface area contributed by atoms with Gasteiger partial charge >= 0.3 is 0 Å². The molecule has 0 unspecified atom stereocenters. The van der Waals surface area contributed by atoms with E-state index in [0.29, 0.717) is 12.5 Å². The predicted molar refractivity (Wildman–Crippen MR) is 107 cm³/mol. The van der Waals surface area contributed by atoms with Crippen molar-refractivity contribution in [1.82, 2.24) is 34.5 Å². The molecule has 0 aliphatic rings. The average Bonchev–Trinajstić information content (AvgIpc) is 3.38. The molecule has 8 nitrogen and oxygen atoms in total. The zero-order valence-corrected chi connectivity index (χ0v) is 15.9. The maximum Gasteiger partial charge on any atom is 0.223 e. The summed E-state index contributed by atoms with van der Waals surface area (Å²) in [7, 11) is 0. The van der Waals surface area contributed by atoms with E-state index in [9.17, 15) is 0 Å². The maximum atomic E-state index is 4.66. The molecule has 0 spiro atoms. The lowest BCUT2D eigenvalue weighted by Crippen LogP contribution is -2.05. The van der Waals surface area contributed by atoms with Crippen molar-refractivity contribution in [1.29, 1.82) is 0 Å². The highest BCUT2D eigenvalue weighted by Gasteiger charge is 2.10. The molecule has 1 aromatic carbocycles. The van der Waals surface area contributed by atoms with E-state index in [0.717, 1.165) is 41.2 Å². The molecule has 142 valence electrons. The quantitative estimate of drug-likeness (QED) is 0.534. The Bertz CT molecular complexity index is 1050. The molecule has 3 heterocycles. The van der Waals surface area contributed by atoms with Gasteiger partial charge in [-0.3, -0.25) is 4.68 Å². The Balaban J connectivity index is 1.49. The van der Waals surface area contributed by atoms with Gasteiger partial charge in [0.05, 0.1) is 17.6 Å². The smallest absolute Gasteiger partial charge is 0.223 e. The largest absolute Gasteiger partial charge is 0.350 e. The fraction of sp³-hybridized carbons (Fsp3) is 0.250. The molecule has 0 bridgehead atoms. The fourth-order valence-electron chi connectivity index (χ4n) is 3.06. The summed E-state index contributed by atoms with van der Waals surface area (Å²) in [6.07, 6.45) is 7.90. The second-order valence-electron chi connectivity index (χ2n) is 6.50. The molecule has 4 aromatic rings. The highest BCUT2D eigenvalue weighted by Crippen LogP contribution is 2.22. The lowest BCUT2D eigenvalue weighted by atomic mass is 10.2. The van der Waals surface area contributed by atoms with Crippen LogP contribution in [0.2, 0.25) is 0 Å². The van der Waals surface area contributed by atoms with Crippen LogP contribution in [-0.4, -0.2) is 34.5 Å². The molecule has 0 saturated carbocycles. The molecular weight excluding hydrogens is 352 g/mol. The molecule has 0 aliphatic heterocycles. The standard InChI is InChI=1S/C20H22N8/c1-3-9-27-15(2)18(12-24-27)19-7-8-22-20(26-19)23-11-16-5-4-6-17(10-16)28-14-21-13-25-28/h4-8,10,12-14H,3,9,11H2,1-2H3,(H,22,23,26). The summed E-state index contributed by atoms with van der Waals surface area (Å²) in [5.41, 5.74) is 5.09. The monoisotopic (exact) mass is 374 g/mol. The molecule has 1 N–H and O–H groups in total. The first kappa shape index (κ1) is 17.8. The van der Waals surface area contributed by atoms with E-state index in [-0.39, 0.29) is 0 Å². The number of anilines is 1. The maximum absolute atomic E-state index is 4.66. The zero-order chi connectivity index (χ0) is 19.3. The van der Waals surface area contributed by atoms with E-state index in [4.69, 9.17) is 0 Å². The second kappa shape index (κ2) is 7.99. The van der Waals surface area contributed by atoms with Crippen molar-refractivity contribution < 1.29 is 0 Å². The third kappa shape index (κ3) is 3.75. The van der Waals surface area contributed by atoms with Crippen LogP contribution in [-0.2, 0) is 13.1 Å². The van der Waals surface area contributed by atoms with Crippen LogP contribution < -0.4 is 5.32 Å². The molecule has 0 aliphatic carbocycles. The molecular formula is C20H22N8. The molecule has 8 heteroatoms. The number of hydrogen-bond donors (Lipinski definition) is 1. The summed E-state index contributed by atoms with van der Waals surface area (Å²) in [5.74, 6) is 0.589. The number of aromatic nitrogens is 7. The molecule has 0 atom stereocenters. The van der Waals surface area contributed by atoms with Crippen LogP contribution in [0, 0.1) is 6.92 Å². The normalized spacial score (nSPS) is 10.9. The van der Waals surface area contributed by atoms with Gasteiger partial charge in [-0.25, -0.2) is 19.6 Å². The number of benzene rings is 1. The molecule has 0 fully saturated rings. The summed E-state index contributed by atoms with van der Waals surface area (Å²) in [6, 6.07) is 10.0. The lowest BCUT2D eigenvalue weighted by molar-refractivity contribution is 0.587. The van der Waals surface area contributed by atoms with Crippen molar-refractivity contribution in [3.63, 3.8) is 0 Å². The van der Waals surface area contributed by atoms with E-state index < -0.39 is 0 Å². The highest BCUT2D eigenvalue weighted by atomic mass is 15.3. The number of hydrogen-bond acceptors (Lipinski definition) is 6.